The topological polar surface area (TPSA) is 55.4 Å². The number of hydrogen-bond acceptors (Lipinski definition) is 3. The van der Waals surface area contributed by atoms with Crippen LogP contribution in [-0.4, -0.2) is 17.3 Å². The van der Waals surface area contributed by atoms with E-state index in [4.69, 9.17) is 16.3 Å². The van der Waals surface area contributed by atoms with Crippen LogP contribution in [0.3, 0.4) is 0 Å². The Morgan fingerprint density at radius 2 is 1.56 bits per heavy atom. The van der Waals surface area contributed by atoms with Crippen LogP contribution in [0.25, 0.3) is 10.8 Å². The fraction of sp³-hybridized carbons (Fsp3) is 0.100. The van der Waals surface area contributed by atoms with E-state index in [0.29, 0.717) is 5.69 Å². The number of halogens is 1. The first-order valence-electron chi connectivity index (χ1n) is 7.79. The maximum atomic E-state index is 12.7. The van der Waals surface area contributed by atoms with Crippen LogP contribution in [0, 0.1) is 0 Å². The van der Waals surface area contributed by atoms with Crippen molar-refractivity contribution >= 4 is 39.9 Å². The molecule has 1 amide bonds. The summed E-state index contributed by atoms with van der Waals surface area (Å²) in [5.41, 5.74) is 0.928. The third-order valence-electron chi connectivity index (χ3n) is 3.66. The van der Waals surface area contributed by atoms with Crippen LogP contribution in [0.1, 0.15) is 17.3 Å². The monoisotopic (exact) mass is 353 g/mol. The largest absolute Gasteiger partial charge is 0.425 e. The molecule has 25 heavy (non-hydrogen) atoms. The highest BCUT2D eigenvalue weighted by Crippen LogP contribution is 2.27. The van der Waals surface area contributed by atoms with Gasteiger partial charge in [0.25, 0.3) is 5.91 Å². The summed E-state index contributed by atoms with van der Waals surface area (Å²) in [6, 6.07) is 20.0. The molecule has 0 aliphatic heterocycles. The predicted octanol–water partition coefficient (Wildman–Crippen LogP) is 4.62. The predicted molar refractivity (Wildman–Crippen MR) is 99.3 cm³/mol. The van der Waals surface area contributed by atoms with Gasteiger partial charge < -0.3 is 10.1 Å². The van der Waals surface area contributed by atoms with Crippen LogP contribution in [0.5, 0.6) is 5.75 Å². The fourth-order valence-electron chi connectivity index (χ4n) is 2.39. The maximum Gasteiger partial charge on any atom is 0.329 e. The molecule has 3 aromatic carbocycles. The van der Waals surface area contributed by atoms with Gasteiger partial charge in [-0.3, -0.25) is 9.59 Å². The summed E-state index contributed by atoms with van der Waals surface area (Å²) in [4.78, 5) is 24.6. The molecule has 126 valence electrons. The highest BCUT2D eigenvalue weighted by molar-refractivity contribution is 6.29. The van der Waals surface area contributed by atoms with Gasteiger partial charge in [0.15, 0.2) is 0 Å². The number of para-hydroxylation sites is 1. The zero-order chi connectivity index (χ0) is 17.8. The van der Waals surface area contributed by atoms with Crippen molar-refractivity contribution in [3.05, 3.63) is 72.3 Å². The molecule has 0 spiro atoms. The van der Waals surface area contributed by atoms with E-state index in [1.54, 1.807) is 24.3 Å². The molecule has 4 nitrogen and oxygen atoms in total. The third-order valence-corrected chi connectivity index (χ3v) is 3.84. The molecule has 0 aliphatic carbocycles. The van der Waals surface area contributed by atoms with Gasteiger partial charge in [-0.05, 0) is 42.0 Å². The van der Waals surface area contributed by atoms with Crippen molar-refractivity contribution in [3.8, 4) is 5.75 Å². The molecule has 0 saturated heterocycles. The van der Waals surface area contributed by atoms with Crippen molar-refractivity contribution in [1.29, 1.82) is 0 Å². The van der Waals surface area contributed by atoms with E-state index in [2.05, 4.69) is 5.32 Å². The molecular formula is C20H16ClNO3. The number of hydrogen-bond donors (Lipinski definition) is 1. The first kappa shape index (κ1) is 17.0. The van der Waals surface area contributed by atoms with Crippen molar-refractivity contribution in [2.45, 2.75) is 12.3 Å². The number of carbonyl (C=O) groups is 2. The Bertz CT molecular complexity index is 923. The van der Waals surface area contributed by atoms with Crippen molar-refractivity contribution < 1.29 is 14.3 Å². The number of fused-ring (bicyclic) bond motifs is 1. The molecule has 0 heterocycles. The zero-order valence-electron chi connectivity index (χ0n) is 13.5. The van der Waals surface area contributed by atoms with Crippen LogP contribution in [-0.2, 0) is 4.79 Å². The van der Waals surface area contributed by atoms with Crippen LogP contribution in [0.2, 0.25) is 0 Å². The van der Waals surface area contributed by atoms with Gasteiger partial charge in [-0.2, -0.15) is 0 Å². The summed E-state index contributed by atoms with van der Waals surface area (Å²) in [6.45, 7) is 1.52. The van der Waals surface area contributed by atoms with Gasteiger partial charge in [0.2, 0.25) is 0 Å². The third kappa shape index (κ3) is 3.98. The number of carbonyl (C=O) groups excluding carboxylic acids is 2. The van der Waals surface area contributed by atoms with E-state index in [0.717, 1.165) is 10.8 Å². The number of ether oxygens (including phenoxy) is 1. The second-order valence-electron chi connectivity index (χ2n) is 5.55. The van der Waals surface area contributed by atoms with Gasteiger partial charge in [-0.15, -0.1) is 11.6 Å². The van der Waals surface area contributed by atoms with Crippen LogP contribution < -0.4 is 10.1 Å². The number of alkyl halides is 1. The minimum Gasteiger partial charge on any atom is -0.425 e. The van der Waals surface area contributed by atoms with E-state index < -0.39 is 11.3 Å². The molecule has 3 aromatic rings. The molecule has 1 N–H and O–H groups in total. The van der Waals surface area contributed by atoms with Crippen molar-refractivity contribution in [3.63, 3.8) is 0 Å². The van der Waals surface area contributed by atoms with E-state index in [1.165, 1.54) is 6.92 Å². The molecular weight excluding hydrogens is 338 g/mol. The average Bonchev–Trinajstić information content (AvgIpc) is 2.61. The first-order valence-corrected chi connectivity index (χ1v) is 8.23. The number of rotatable bonds is 4. The highest BCUT2D eigenvalue weighted by Gasteiger charge is 2.19. The summed E-state index contributed by atoms with van der Waals surface area (Å²) in [7, 11) is 0. The summed E-state index contributed by atoms with van der Waals surface area (Å²) in [5, 5.41) is 3.73. The first-order chi connectivity index (χ1) is 12.0. The van der Waals surface area contributed by atoms with Gasteiger partial charge in [-0.25, -0.2) is 0 Å². The second kappa shape index (κ2) is 7.36. The van der Waals surface area contributed by atoms with Gasteiger partial charge in [0.05, 0.1) is 5.56 Å². The molecule has 0 saturated carbocycles. The minimum atomic E-state index is -0.809. The number of anilines is 1. The Morgan fingerprint density at radius 3 is 2.20 bits per heavy atom. The lowest BCUT2D eigenvalue weighted by atomic mass is 10.1. The molecule has 1 unspecified atom stereocenters. The molecule has 0 aliphatic rings. The Labute approximate surface area is 150 Å². The van der Waals surface area contributed by atoms with Gasteiger partial charge in [-0.1, -0.05) is 42.5 Å². The lowest BCUT2D eigenvalue weighted by Gasteiger charge is -2.13. The smallest absolute Gasteiger partial charge is 0.329 e. The summed E-state index contributed by atoms with van der Waals surface area (Å²) >= 11 is 5.78. The molecule has 3 rings (SSSR count). The lowest BCUT2D eigenvalue weighted by Crippen LogP contribution is -2.20. The van der Waals surface area contributed by atoms with E-state index >= 15 is 0 Å². The van der Waals surface area contributed by atoms with Crippen LogP contribution in [0.15, 0.2) is 66.7 Å². The minimum absolute atomic E-state index is 0.185. The van der Waals surface area contributed by atoms with Crippen molar-refractivity contribution in [2.24, 2.45) is 0 Å². The Kier molecular flexibility index (Phi) is 5.00. The molecule has 5 heteroatoms. The average molecular weight is 354 g/mol. The molecule has 0 fully saturated rings. The zero-order valence-corrected chi connectivity index (χ0v) is 14.3. The van der Waals surface area contributed by atoms with E-state index in [-0.39, 0.29) is 17.2 Å². The molecule has 1 atom stereocenters. The fourth-order valence-corrected chi connectivity index (χ4v) is 2.44. The van der Waals surface area contributed by atoms with E-state index in [9.17, 15) is 9.59 Å². The number of benzene rings is 3. The SMILES string of the molecule is CC(Cl)C(=O)Oc1cc2ccccc2cc1C(=O)Nc1ccccc1. The highest BCUT2D eigenvalue weighted by atomic mass is 35.5. The van der Waals surface area contributed by atoms with Gasteiger partial charge >= 0.3 is 5.97 Å². The van der Waals surface area contributed by atoms with Crippen molar-refractivity contribution in [2.75, 3.05) is 5.32 Å². The van der Waals surface area contributed by atoms with Crippen molar-refractivity contribution in [1.82, 2.24) is 0 Å². The molecule has 0 aromatic heterocycles. The normalized spacial score (nSPS) is 11.8. The van der Waals surface area contributed by atoms with Gasteiger partial charge in [0, 0.05) is 5.69 Å². The van der Waals surface area contributed by atoms with Crippen LogP contribution in [0.4, 0.5) is 5.69 Å². The Balaban J connectivity index is 2.01. The lowest BCUT2D eigenvalue weighted by molar-refractivity contribution is -0.133. The number of esters is 1. The molecule has 0 radical (unpaired) electrons. The quantitative estimate of drug-likeness (QED) is 0.423. The van der Waals surface area contributed by atoms with Gasteiger partial charge in [0.1, 0.15) is 11.1 Å². The van der Waals surface area contributed by atoms with E-state index in [1.807, 2.05) is 42.5 Å². The van der Waals surface area contributed by atoms with Crippen LogP contribution >= 0.6 is 11.6 Å². The summed E-state index contributed by atoms with van der Waals surface area (Å²) in [5.74, 6) is -0.780. The number of amides is 1. The second-order valence-corrected chi connectivity index (χ2v) is 6.21. The maximum absolute atomic E-state index is 12.7. The molecule has 0 bridgehead atoms. The number of nitrogens with one attached hydrogen (secondary N) is 1. The Hall–Kier alpha value is -2.85. The standard InChI is InChI=1S/C20H16ClNO3/c1-13(21)20(24)25-18-12-15-8-6-5-7-14(15)11-17(18)19(23)22-16-9-3-2-4-10-16/h2-13H,1H3,(H,22,23). The Morgan fingerprint density at radius 1 is 0.960 bits per heavy atom. The summed E-state index contributed by atoms with van der Waals surface area (Å²) in [6.07, 6.45) is 0. The summed E-state index contributed by atoms with van der Waals surface area (Å²) < 4.78 is 5.34.